The fraction of sp³-hybridized carbons (Fsp3) is 0.643. The lowest BCUT2D eigenvalue weighted by Gasteiger charge is -2.32. The van der Waals surface area contributed by atoms with E-state index in [0.29, 0.717) is 10.8 Å². The van der Waals surface area contributed by atoms with Gasteiger partial charge in [0, 0.05) is 0 Å². The Kier molecular flexibility index (Phi) is 3.01. The van der Waals surface area contributed by atoms with Gasteiger partial charge in [-0.15, -0.1) is 0 Å². The van der Waals surface area contributed by atoms with Gasteiger partial charge >= 0.3 is 7.12 Å². The van der Waals surface area contributed by atoms with Crippen LogP contribution in [0.1, 0.15) is 46.2 Å². The largest absolute Gasteiger partial charge is 0.495 e. The van der Waals surface area contributed by atoms with Gasteiger partial charge in [0.1, 0.15) is 10.8 Å². The van der Waals surface area contributed by atoms with E-state index >= 15 is 0 Å². The number of hydrogen-bond acceptors (Lipinski definition) is 4. The van der Waals surface area contributed by atoms with Crippen LogP contribution in [0.3, 0.4) is 0 Å². The first-order valence-corrected chi connectivity index (χ1v) is 7.27. The molecule has 0 spiro atoms. The molecule has 0 atom stereocenters. The van der Waals surface area contributed by atoms with E-state index < -0.39 is 23.9 Å². The number of nitrogens with zero attached hydrogens (tertiary/aromatic N) is 1. The van der Waals surface area contributed by atoms with Crippen molar-refractivity contribution in [2.24, 2.45) is 0 Å². The summed E-state index contributed by atoms with van der Waals surface area (Å²) in [7, 11) is -0.485. The monoisotopic (exact) mass is 295 g/mol. The Hall–Kier alpha value is -0.615. The van der Waals surface area contributed by atoms with Crippen LogP contribution in [0.15, 0.2) is 12.1 Å². The van der Waals surface area contributed by atoms with Crippen LogP contribution in [-0.2, 0) is 14.9 Å². The summed E-state index contributed by atoms with van der Waals surface area (Å²) in [6.45, 7) is 8.02. The number of pyridine rings is 1. The molecule has 1 saturated carbocycles. The van der Waals surface area contributed by atoms with Crippen molar-refractivity contribution in [1.82, 2.24) is 4.98 Å². The van der Waals surface area contributed by atoms with Gasteiger partial charge in [-0.3, -0.25) is 0 Å². The van der Waals surface area contributed by atoms with Crippen LogP contribution >= 0.6 is 11.6 Å². The van der Waals surface area contributed by atoms with Gasteiger partial charge in [0.15, 0.2) is 0 Å². The summed E-state index contributed by atoms with van der Waals surface area (Å²) < 4.78 is 12.0. The van der Waals surface area contributed by atoms with Gasteiger partial charge in [0.25, 0.3) is 0 Å². The molecule has 6 heteroatoms. The van der Waals surface area contributed by atoms with Crippen molar-refractivity contribution in [2.45, 2.75) is 57.3 Å². The molecule has 1 aliphatic heterocycles. The van der Waals surface area contributed by atoms with Gasteiger partial charge in [-0.25, -0.2) is 4.98 Å². The SMILES string of the molecule is CC1(C)OB(c2cc(Cl)nc(C3(O)CC3)c2)OC1(C)C. The van der Waals surface area contributed by atoms with E-state index in [1.165, 1.54) is 0 Å². The lowest BCUT2D eigenvalue weighted by molar-refractivity contribution is 0.00578. The average molecular weight is 296 g/mol. The molecule has 0 radical (unpaired) electrons. The Morgan fingerprint density at radius 1 is 1.15 bits per heavy atom. The van der Waals surface area contributed by atoms with E-state index in [4.69, 9.17) is 20.9 Å². The van der Waals surface area contributed by atoms with Crippen molar-refractivity contribution < 1.29 is 14.4 Å². The number of rotatable bonds is 2. The summed E-state index contributed by atoms with van der Waals surface area (Å²) in [5, 5.41) is 10.5. The molecule has 0 unspecified atom stereocenters. The van der Waals surface area contributed by atoms with Crippen LogP contribution in [-0.4, -0.2) is 28.4 Å². The van der Waals surface area contributed by atoms with Crippen molar-refractivity contribution in [1.29, 1.82) is 0 Å². The molecule has 0 aromatic carbocycles. The van der Waals surface area contributed by atoms with Crippen molar-refractivity contribution in [2.75, 3.05) is 0 Å². The fourth-order valence-corrected chi connectivity index (χ4v) is 2.46. The van der Waals surface area contributed by atoms with Crippen LogP contribution in [0, 0.1) is 0 Å². The summed E-state index contributed by atoms with van der Waals surface area (Å²) in [6, 6.07) is 3.57. The zero-order valence-electron chi connectivity index (χ0n) is 12.2. The molecule has 3 rings (SSSR count). The van der Waals surface area contributed by atoms with Crippen LogP contribution in [0.4, 0.5) is 0 Å². The molecule has 1 aromatic rings. The molecule has 20 heavy (non-hydrogen) atoms. The van der Waals surface area contributed by atoms with Crippen molar-refractivity contribution >= 4 is 24.2 Å². The zero-order valence-corrected chi connectivity index (χ0v) is 13.0. The van der Waals surface area contributed by atoms with Gasteiger partial charge in [0.2, 0.25) is 0 Å². The molecule has 1 N–H and O–H groups in total. The predicted octanol–water partition coefficient (Wildman–Crippen LogP) is 2.02. The molecule has 1 saturated heterocycles. The molecule has 108 valence electrons. The number of halogens is 1. The maximum absolute atomic E-state index is 10.2. The van der Waals surface area contributed by atoms with E-state index in [2.05, 4.69) is 4.98 Å². The highest BCUT2D eigenvalue weighted by molar-refractivity contribution is 6.62. The van der Waals surface area contributed by atoms with E-state index in [-0.39, 0.29) is 0 Å². The average Bonchev–Trinajstić information content (AvgIpc) is 3.01. The first-order chi connectivity index (χ1) is 9.13. The molecule has 2 heterocycles. The summed E-state index contributed by atoms with van der Waals surface area (Å²) in [6.07, 6.45) is 1.45. The number of hydrogen-bond donors (Lipinski definition) is 1. The van der Waals surface area contributed by atoms with E-state index in [9.17, 15) is 5.11 Å². The second-order valence-corrected chi connectivity index (χ2v) is 7.12. The standard InChI is InChI=1S/C14H19BClNO3/c1-12(2)13(3,4)20-15(19-12)9-7-10(14(18)5-6-14)17-11(16)8-9/h7-8,18H,5-6H2,1-4H3. The van der Waals surface area contributed by atoms with E-state index in [0.717, 1.165) is 18.3 Å². The van der Waals surface area contributed by atoms with Crippen molar-refractivity contribution in [3.63, 3.8) is 0 Å². The molecule has 1 aliphatic carbocycles. The van der Waals surface area contributed by atoms with Gasteiger partial charge in [-0.2, -0.15) is 0 Å². The summed E-state index contributed by atoms with van der Waals surface area (Å²) in [4.78, 5) is 4.22. The Labute approximate surface area is 124 Å². The quantitative estimate of drug-likeness (QED) is 0.670. The second kappa shape index (κ2) is 4.20. The third-order valence-electron chi connectivity index (χ3n) is 4.54. The minimum absolute atomic E-state index is 0.354. The first kappa shape index (κ1) is 14.3. The van der Waals surface area contributed by atoms with E-state index in [1.54, 1.807) is 6.07 Å². The minimum Gasteiger partial charge on any atom is -0.399 e. The third-order valence-corrected chi connectivity index (χ3v) is 4.74. The molecule has 2 fully saturated rings. The Morgan fingerprint density at radius 3 is 2.20 bits per heavy atom. The van der Waals surface area contributed by atoms with Gasteiger partial charge in [-0.1, -0.05) is 11.6 Å². The lowest BCUT2D eigenvalue weighted by atomic mass is 9.79. The first-order valence-electron chi connectivity index (χ1n) is 6.89. The normalized spacial score (nSPS) is 25.8. The van der Waals surface area contributed by atoms with Crippen LogP contribution in [0.5, 0.6) is 0 Å². The molecule has 0 amide bonds. The second-order valence-electron chi connectivity index (χ2n) is 6.73. The van der Waals surface area contributed by atoms with Crippen LogP contribution in [0.25, 0.3) is 0 Å². The van der Waals surface area contributed by atoms with Crippen molar-refractivity contribution in [3.05, 3.63) is 23.0 Å². The van der Waals surface area contributed by atoms with Crippen LogP contribution in [0.2, 0.25) is 5.15 Å². The Morgan fingerprint density at radius 2 is 1.70 bits per heavy atom. The molecular weight excluding hydrogens is 276 g/mol. The Bertz CT molecular complexity index is 541. The van der Waals surface area contributed by atoms with Gasteiger partial charge in [-0.05, 0) is 58.1 Å². The lowest BCUT2D eigenvalue weighted by Crippen LogP contribution is -2.41. The molecular formula is C14H19BClNO3. The predicted molar refractivity (Wildman–Crippen MR) is 78.1 cm³/mol. The molecule has 0 bridgehead atoms. The summed E-state index contributed by atoms with van der Waals surface area (Å²) in [5.74, 6) is 0. The maximum Gasteiger partial charge on any atom is 0.495 e. The Balaban J connectivity index is 1.94. The number of aromatic nitrogens is 1. The highest BCUT2D eigenvalue weighted by Crippen LogP contribution is 2.44. The third kappa shape index (κ3) is 2.27. The maximum atomic E-state index is 10.2. The number of aliphatic hydroxyl groups is 1. The van der Waals surface area contributed by atoms with Gasteiger partial charge in [0.05, 0.1) is 16.9 Å². The van der Waals surface area contributed by atoms with Crippen molar-refractivity contribution in [3.8, 4) is 0 Å². The molecule has 4 nitrogen and oxygen atoms in total. The van der Waals surface area contributed by atoms with Gasteiger partial charge < -0.3 is 14.4 Å². The van der Waals surface area contributed by atoms with E-state index in [1.807, 2.05) is 33.8 Å². The smallest absolute Gasteiger partial charge is 0.399 e. The molecule has 2 aliphatic rings. The molecule has 1 aromatic heterocycles. The minimum atomic E-state index is -0.816. The van der Waals surface area contributed by atoms with Crippen LogP contribution < -0.4 is 5.46 Å². The fourth-order valence-electron chi connectivity index (χ4n) is 2.24. The summed E-state index contributed by atoms with van der Waals surface area (Å²) in [5.41, 5.74) is -0.203. The summed E-state index contributed by atoms with van der Waals surface area (Å²) >= 11 is 6.07. The highest BCUT2D eigenvalue weighted by Gasteiger charge is 2.52. The zero-order chi connectivity index (χ0) is 14.8. The highest BCUT2D eigenvalue weighted by atomic mass is 35.5. The topological polar surface area (TPSA) is 51.6 Å².